The SMILES string of the molecule is Cc1cc(CNC(=O)c2cc(-c3ccccc3O)n[nH]2)c2[nH]c(C)c(C)c2c1. The highest BCUT2D eigenvalue weighted by Crippen LogP contribution is 2.28. The number of aromatic nitrogens is 3. The molecular weight excluding hydrogens is 352 g/mol. The van der Waals surface area contributed by atoms with Crippen LogP contribution in [0.15, 0.2) is 42.5 Å². The Balaban J connectivity index is 1.55. The zero-order valence-electron chi connectivity index (χ0n) is 16.1. The summed E-state index contributed by atoms with van der Waals surface area (Å²) in [6.45, 7) is 6.61. The molecule has 0 aliphatic carbocycles. The van der Waals surface area contributed by atoms with Crippen molar-refractivity contribution >= 4 is 16.8 Å². The van der Waals surface area contributed by atoms with Crippen molar-refractivity contribution in [3.05, 3.63) is 70.5 Å². The summed E-state index contributed by atoms with van der Waals surface area (Å²) in [7, 11) is 0. The van der Waals surface area contributed by atoms with E-state index >= 15 is 0 Å². The molecule has 0 spiro atoms. The number of phenolic OH excluding ortho intramolecular Hbond substituents is 1. The Hall–Kier alpha value is -3.54. The lowest BCUT2D eigenvalue weighted by molar-refractivity contribution is 0.0946. The maximum Gasteiger partial charge on any atom is 0.269 e. The van der Waals surface area contributed by atoms with E-state index < -0.39 is 0 Å². The standard InChI is InChI=1S/C22H22N4O2/c1-12-8-15(21-17(9-12)13(2)14(3)24-21)11-23-22(28)19-10-18(25-26-19)16-6-4-5-7-20(16)27/h4-10,24,27H,11H2,1-3H3,(H,23,28)(H,25,26). The van der Waals surface area contributed by atoms with Crippen LogP contribution in [0.3, 0.4) is 0 Å². The molecule has 0 radical (unpaired) electrons. The maximum atomic E-state index is 12.6. The molecule has 0 unspecified atom stereocenters. The minimum Gasteiger partial charge on any atom is -0.507 e. The molecule has 28 heavy (non-hydrogen) atoms. The number of nitrogens with one attached hydrogen (secondary N) is 3. The Morgan fingerprint density at radius 2 is 1.93 bits per heavy atom. The number of nitrogens with zero attached hydrogens (tertiary/aromatic N) is 1. The van der Waals surface area contributed by atoms with Crippen LogP contribution in [-0.4, -0.2) is 26.2 Å². The minimum absolute atomic E-state index is 0.126. The highest BCUT2D eigenvalue weighted by atomic mass is 16.3. The van der Waals surface area contributed by atoms with Crippen LogP contribution in [0.2, 0.25) is 0 Å². The molecule has 0 atom stereocenters. The predicted molar refractivity (Wildman–Crippen MR) is 109 cm³/mol. The Kier molecular flexibility index (Phi) is 4.39. The number of phenols is 1. The number of carbonyl (C=O) groups is 1. The van der Waals surface area contributed by atoms with Gasteiger partial charge in [-0.2, -0.15) is 5.10 Å². The quantitative estimate of drug-likeness (QED) is 0.433. The predicted octanol–water partition coefficient (Wildman–Crippen LogP) is 4.12. The third-order valence-electron chi connectivity index (χ3n) is 5.09. The molecular formula is C22H22N4O2. The lowest BCUT2D eigenvalue weighted by atomic mass is 10.0. The van der Waals surface area contributed by atoms with E-state index in [0.717, 1.165) is 22.3 Å². The van der Waals surface area contributed by atoms with E-state index in [2.05, 4.69) is 53.4 Å². The fourth-order valence-electron chi connectivity index (χ4n) is 3.46. The Morgan fingerprint density at radius 1 is 1.14 bits per heavy atom. The fourth-order valence-corrected chi connectivity index (χ4v) is 3.46. The molecule has 2 aromatic heterocycles. The zero-order valence-corrected chi connectivity index (χ0v) is 16.1. The van der Waals surface area contributed by atoms with Gasteiger partial charge in [0.05, 0.1) is 11.2 Å². The average molecular weight is 374 g/mol. The molecule has 2 heterocycles. The Labute approximate surface area is 162 Å². The van der Waals surface area contributed by atoms with Crippen LogP contribution in [0.1, 0.15) is 32.9 Å². The third-order valence-corrected chi connectivity index (χ3v) is 5.09. The third kappa shape index (κ3) is 3.13. The van der Waals surface area contributed by atoms with Crippen molar-refractivity contribution < 1.29 is 9.90 Å². The van der Waals surface area contributed by atoms with Crippen LogP contribution in [0.5, 0.6) is 5.75 Å². The molecule has 0 aliphatic heterocycles. The fraction of sp³-hybridized carbons (Fsp3) is 0.182. The minimum atomic E-state index is -0.246. The van der Waals surface area contributed by atoms with Crippen LogP contribution in [0.4, 0.5) is 0 Å². The summed E-state index contributed by atoms with van der Waals surface area (Å²) in [5, 5.41) is 21.0. The first-order chi connectivity index (χ1) is 13.4. The molecule has 4 aromatic rings. The van der Waals surface area contributed by atoms with Crippen LogP contribution in [0.25, 0.3) is 22.2 Å². The van der Waals surface area contributed by atoms with Crippen LogP contribution < -0.4 is 5.32 Å². The number of para-hydroxylation sites is 1. The molecule has 0 fully saturated rings. The van der Waals surface area contributed by atoms with Gasteiger partial charge >= 0.3 is 0 Å². The number of amides is 1. The molecule has 142 valence electrons. The first-order valence-electron chi connectivity index (χ1n) is 9.14. The first kappa shape index (κ1) is 17.9. The van der Waals surface area contributed by atoms with E-state index in [-0.39, 0.29) is 11.7 Å². The van der Waals surface area contributed by atoms with Crippen molar-refractivity contribution in [2.45, 2.75) is 27.3 Å². The maximum absolute atomic E-state index is 12.6. The molecule has 0 saturated carbocycles. The number of aromatic amines is 2. The Bertz CT molecular complexity index is 1190. The Morgan fingerprint density at radius 3 is 2.71 bits per heavy atom. The number of aromatic hydroxyl groups is 1. The largest absolute Gasteiger partial charge is 0.507 e. The van der Waals surface area contributed by atoms with E-state index in [1.54, 1.807) is 24.3 Å². The summed E-state index contributed by atoms with van der Waals surface area (Å²) in [5.74, 6) is -0.121. The molecule has 0 bridgehead atoms. The van der Waals surface area contributed by atoms with Gasteiger partial charge < -0.3 is 15.4 Å². The zero-order chi connectivity index (χ0) is 19.8. The van der Waals surface area contributed by atoms with Gasteiger partial charge in [-0.3, -0.25) is 9.89 Å². The number of hydrogen-bond acceptors (Lipinski definition) is 3. The van der Waals surface area contributed by atoms with Gasteiger partial charge in [0.1, 0.15) is 11.4 Å². The van der Waals surface area contributed by atoms with E-state index in [9.17, 15) is 9.90 Å². The van der Waals surface area contributed by atoms with Gasteiger partial charge in [-0.1, -0.05) is 23.8 Å². The van der Waals surface area contributed by atoms with E-state index in [4.69, 9.17) is 0 Å². The number of hydrogen-bond donors (Lipinski definition) is 4. The lowest BCUT2D eigenvalue weighted by Gasteiger charge is -2.07. The number of fused-ring (bicyclic) bond motifs is 1. The number of rotatable bonds is 4. The highest BCUT2D eigenvalue weighted by Gasteiger charge is 2.14. The van der Waals surface area contributed by atoms with Gasteiger partial charge in [0.2, 0.25) is 0 Å². The van der Waals surface area contributed by atoms with Gasteiger partial charge in [0.15, 0.2) is 0 Å². The molecule has 0 saturated heterocycles. The van der Waals surface area contributed by atoms with Crippen molar-refractivity contribution in [3.8, 4) is 17.0 Å². The number of carbonyl (C=O) groups excluding carboxylic acids is 1. The second-order valence-corrected chi connectivity index (χ2v) is 7.09. The summed E-state index contributed by atoms with van der Waals surface area (Å²) in [5.41, 5.74) is 7.07. The monoisotopic (exact) mass is 374 g/mol. The molecule has 0 aliphatic rings. The number of benzene rings is 2. The average Bonchev–Trinajstić information content (AvgIpc) is 3.26. The molecule has 4 N–H and O–H groups in total. The summed E-state index contributed by atoms with van der Waals surface area (Å²) >= 11 is 0. The smallest absolute Gasteiger partial charge is 0.269 e. The first-order valence-corrected chi connectivity index (χ1v) is 9.14. The molecule has 1 amide bonds. The van der Waals surface area contributed by atoms with Gasteiger partial charge in [0, 0.05) is 23.2 Å². The van der Waals surface area contributed by atoms with Crippen molar-refractivity contribution in [3.63, 3.8) is 0 Å². The number of H-pyrrole nitrogens is 2. The van der Waals surface area contributed by atoms with Crippen molar-refractivity contribution in [1.29, 1.82) is 0 Å². The normalized spacial score (nSPS) is 11.1. The van der Waals surface area contributed by atoms with Crippen molar-refractivity contribution in [2.75, 3.05) is 0 Å². The number of aryl methyl sites for hydroxylation is 3. The molecule has 6 nitrogen and oxygen atoms in total. The van der Waals surface area contributed by atoms with Gasteiger partial charge in [0.25, 0.3) is 5.91 Å². The van der Waals surface area contributed by atoms with Crippen LogP contribution >= 0.6 is 0 Å². The summed E-state index contributed by atoms with van der Waals surface area (Å²) in [4.78, 5) is 16.0. The summed E-state index contributed by atoms with van der Waals surface area (Å²) in [6, 6.07) is 12.8. The van der Waals surface area contributed by atoms with E-state index in [1.165, 1.54) is 10.9 Å². The van der Waals surface area contributed by atoms with Gasteiger partial charge in [-0.15, -0.1) is 0 Å². The van der Waals surface area contributed by atoms with Crippen LogP contribution in [-0.2, 0) is 6.54 Å². The summed E-state index contributed by atoms with van der Waals surface area (Å²) < 4.78 is 0. The van der Waals surface area contributed by atoms with Crippen molar-refractivity contribution in [2.24, 2.45) is 0 Å². The molecule has 2 aromatic carbocycles. The summed E-state index contributed by atoms with van der Waals surface area (Å²) in [6.07, 6.45) is 0. The van der Waals surface area contributed by atoms with Crippen molar-refractivity contribution in [1.82, 2.24) is 20.5 Å². The van der Waals surface area contributed by atoms with E-state index in [0.29, 0.717) is 23.5 Å². The second-order valence-electron chi connectivity index (χ2n) is 7.09. The van der Waals surface area contributed by atoms with Gasteiger partial charge in [-0.05, 0) is 56.2 Å². The topological polar surface area (TPSA) is 93.8 Å². The molecule has 4 rings (SSSR count). The molecule has 6 heteroatoms. The van der Waals surface area contributed by atoms with E-state index in [1.807, 2.05) is 6.07 Å². The second kappa shape index (κ2) is 6.88. The lowest BCUT2D eigenvalue weighted by Crippen LogP contribution is -2.23. The highest BCUT2D eigenvalue weighted by molar-refractivity contribution is 5.94. The van der Waals surface area contributed by atoms with Gasteiger partial charge in [-0.25, -0.2) is 0 Å². The van der Waals surface area contributed by atoms with Crippen LogP contribution in [0, 0.1) is 20.8 Å².